The molecule has 3 heterocycles. The van der Waals surface area contributed by atoms with Gasteiger partial charge >= 0.3 is 6.18 Å². The Kier molecular flexibility index (Phi) is 8.46. The van der Waals surface area contributed by atoms with Crippen LogP contribution in [0.2, 0.25) is 5.02 Å². The first-order valence-electron chi connectivity index (χ1n) is 14.0. The van der Waals surface area contributed by atoms with Gasteiger partial charge in [0.05, 0.1) is 36.6 Å². The zero-order valence-electron chi connectivity index (χ0n) is 24.0. The summed E-state index contributed by atoms with van der Waals surface area (Å²) in [6.45, 7) is 1.35. The predicted molar refractivity (Wildman–Crippen MR) is 166 cm³/mol. The molecule has 1 aliphatic heterocycles. The third kappa shape index (κ3) is 6.50. The molecule has 0 atom stereocenters. The van der Waals surface area contributed by atoms with Crippen molar-refractivity contribution >= 4 is 28.9 Å². The van der Waals surface area contributed by atoms with E-state index < -0.39 is 17.6 Å². The molecule has 0 radical (unpaired) electrons. The number of alkyl halides is 3. The van der Waals surface area contributed by atoms with E-state index in [1.54, 1.807) is 59.4 Å². The second-order valence-electron chi connectivity index (χ2n) is 10.3. The van der Waals surface area contributed by atoms with Crippen molar-refractivity contribution in [2.75, 3.05) is 43.6 Å². The number of methoxy groups -OCH3 is 1. The number of ether oxygens (including phenoxy) is 2. The van der Waals surface area contributed by atoms with Crippen LogP contribution in [0, 0.1) is 0 Å². The summed E-state index contributed by atoms with van der Waals surface area (Å²) in [7, 11) is 1.54. The van der Waals surface area contributed by atoms with E-state index in [4.69, 9.17) is 26.2 Å². The molecule has 3 aromatic carbocycles. The molecule has 5 aromatic rings. The first kappa shape index (κ1) is 30.2. The van der Waals surface area contributed by atoms with Gasteiger partial charge in [0.25, 0.3) is 5.91 Å². The van der Waals surface area contributed by atoms with Crippen LogP contribution in [0.15, 0.2) is 91.4 Å². The predicted octanol–water partition coefficient (Wildman–Crippen LogP) is 7.37. The maximum atomic E-state index is 14.0. The van der Waals surface area contributed by atoms with Gasteiger partial charge in [0.1, 0.15) is 11.4 Å². The Morgan fingerprint density at radius 3 is 2.47 bits per heavy atom. The fourth-order valence-corrected chi connectivity index (χ4v) is 5.45. The number of nitrogens with one attached hydrogen (secondary N) is 1. The van der Waals surface area contributed by atoms with Gasteiger partial charge in [0, 0.05) is 59.7 Å². The van der Waals surface area contributed by atoms with E-state index in [0.717, 1.165) is 22.8 Å². The number of nitrogens with zero attached hydrogens (tertiary/aromatic N) is 4. The van der Waals surface area contributed by atoms with Crippen molar-refractivity contribution in [2.45, 2.75) is 6.18 Å². The molecule has 1 saturated heterocycles. The molecule has 45 heavy (non-hydrogen) atoms. The van der Waals surface area contributed by atoms with Crippen molar-refractivity contribution in [3.63, 3.8) is 0 Å². The van der Waals surface area contributed by atoms with Gasteiger partial charge in [-0.05, 0) is 72.3 Å². The Balaban J connectivity index is 1.31. The molecule has 1 amide bonds. The number of rotatable bonds is 7. The first-order chi connectivity index (χ1) is 21.7. The van der Waals surface area contributed by atoms with Gasteiger partial charge in [-0.1, -0.05) is 17.7 Å². The molecule has 230 valence electrons. The highest BCUT2D eigenvalue weighted by Gasteiger charge is 2.36. The lowest BCUT2D eigenvalue weighted by atomic mass is 10.0. The number of benzene rings is 3. The van der Waals surface area contributed by atoms with Crippen molar-refractivity contribution in [2.24, 2.45) is 0 Å². The second-order valence-corrected chi connectivity index (χ2v) is 10.7. The van der Waals surface area contributed by atoms with Crippen LogP contribution in [0.25, 0.3) is 28.1 Å². The molecule has 1 N–H and O–H groups in total. The largest absolute Gasteiger partial charge is 0.495 e. The molecule has 0 unspecified atom stereocenters. The summed E-state index contributed by atoms with van der Waals surface area (Å²) in [6, 6.07) is 19.7. The van der Waals surface area contributed by atoms with Gasteiger partial charge < -0.3 is 19.7 Å². The second kappa shape index (κ2) is 12.6. The molecule has 1 aliphatic rings. The summed E-state index contributed by atoms with van der Waals surface area (Å²) in [5.41, 5.74) is 3.17. The van der Waals surface area contributed by atoms with Crippen LogP contribution in [-0.2, 0) is 10.9 Å². The number of pyridine rings is 1. The lowest BCUT2D eigenvalue weighted by Gasteiger charge is -2.31. The summed E-state index contributed by atoms with van der Waals surface area (Å²) in [4.78, 5) is 18.9. The SMILES string of the molecule is COc1ccc(-c2nn(-c3cccc(NC(=O)c4ccc(N5CCOCC5)c(C(F)(F)F)c4)c3)cc2-c2ccncc2)cc1Cl. The van der Waals surface area contributed by atoms with Gasteiger partial charge in [-0.2, -0.15) is 18.3 Å². The molecular formula is C33H27ClF3N5O3. The zero-order chi connectivity index (χ0) is 31.6. The lowest BCUT2D eigenvalue weighted by molar-refractivity contribution is -0.137. The average molecular weight is 634 g/mol. The number of carbonyl (C=O) groups is 1. The van der Waals surface area contributed by atoms with Crippen molar-refractivity contribution in [1.29, 1.82) is 0 Å². The van der Waals surface area contributed by atoms with Gasteiger partial charge in [-0.3, -0.25) is 9.78 Å². The number of amides is 1. The number of carbonyl (C=O) groups excluding carboxylic acids is 1. The van der Waals surface area contributed by atoms with E-state index in [1.165, 1.54) is 12.1 Å². The molecule has 1 fully saturated rings. The highest BCUT2D eigenvalue weighted by atomic mass is 35.5. The number of hydrogen-bond donors (Lipinski definition) is 1. The first-order valence-corrected chi connectivity index (χ1v) is 14.4. The van der Waals surface area contributed by atoms with Gasteiger partial charge in [0.15, 0.2) is 0 Å². The Morgan fingerprint density at radius 1 is 0.978 bits per heavy atom. The van der Waals surface area contributed by atoms with E-state index in [2.05, 4.69) is 10.3 Å². The van der Waals surface area contributed by atoms with Crippen LogP contribution < -0.4 is 15.0 Å². The number of halogens is 4. The third-order valence-corrected chi connectivity index (χ3v) is 7.71. The number of anilines is 2. The van der Waals surface area contributed by atoms with Crippen molar-refractivity contribution in [3.8, 4) is 33.8 Å². The fourth-order valence-electron chi connectivity index (χ4n) is 5.19. The molecule has 0 aliphatic carbocycles. The van der Waals surface area contributed by atoms with Crippen molar-refractivity contribution < 1.29 is 27.4 Å². The summed E-state index contributed by atoms with van der Waals surface area (Å²) in [5, 5.41) is 8.00. The van der Waals surface area contributed by atoms with Crippen LogP contribution in [0.5, 0.6) is 5.75 Å². The monoisotopic (exact) mass is 633 g/mol. The fraction of sp³-hybridized carbons (Fsp3) is 0.182. The summed E-state index contributed by atoms with van der Waals surface area (Å²) in [5.74, 6) is -0.135. The molecule has 0 spiro atoms. The quantitative estimate of drug-likeness (QED) is 0.202. The highest BCUT2D eigenvalue weighted by molar-refractivity contribution is 6.32. The van der Waals surface area contributed by atoms with E-state index in [0.29, 0.717) is 54.1 Å². The van der Waals surface area contributed by atoms with Crippen LogP contribution in [0.1, 0.15) is 15.9 Å². The lowest BCUT2D eigenvalue weighted by Crippen LogP contribution is -2.37. The molecule has 6 rings (SSSR count). The average Bonchev–Trinajstić information content (AvgIpc) is 3.51. The van der Waals surface area contributed by atoms with Gasteiger partial charge in [0.2, 0.25) is 0 Å². The smallest absolute Gasteiger partial charge is 0.418 e. The Morgan fingerprint density at radius 2 is 1.76 bits per heavy atom. The Hall–Kier alpha value is -4.87. The van der Waals surface area contributed by atoms with E-state index in [1.807, 2.05) is 30.5 Å². The zero-order valence-corrected chi connectivity index (χ0v) is 24.8. The molecule has 0 saturated carbocycles. The van der Waals surface area contributed by atoms with Crippen LogP contribution in [-0.4, -0.2) is 54.1 Å². The Labute approximate surface area is 262 Å². The minimum Gasteiger partial charge on any atom is -0.495 e. The molecule has 2 aromatic heterocycles. The summed E-state index contributed by atoms with van der Waals surface area (Å²) >= 11 is 6.42. The third-order valence-electron chi connectivity index (χ3n) is 7.42. The van der Waals surface area contributed by atoms with E-state index in [-0.39, 0.29) is 11.3 Å². The topological polar surface area (TPSA) is 81.5 Å². The number of aromatic nitrogens is 3. The van der Waals surface area contributed by atoms with Crippen molar-refractivity contribution in [3.05, 3.63) is 108 Å². The van der Waals surface area contributed by atoms with Gasteiger partial charge in [-0.25, -0.2) is 4.68 Å². The normalized spacial score (nSPS) is 13.5. The number of hydrogen-bond acceptors (Lipinski definition) is 6. The Bertz CT molecular complexity index is 1840. The van der Waals surface area contributed by atoms with Crippen LogP contribution >= 0.6 is 11.6 Å². The minimum absolute atomic E-state index is 0.0296. The van der Waals surface area contributed by atoms with Crippen LogP contribution in [0.3, 0.4) is 0 Å². The molecule has 8 nitrogen and oxygen atoms in total. The highest BCUT2D eigenvalue weighted by Crippen LogP contribution is 2.38. The van der Waals surface area contributed by atoms with E-state index in [9.17, 15) is 18.0 Å². The van der Waals surface area contributed by atoms with E-state index >= 15 is 0 Å². The molecule has 0 bridgehead atoms. The standard InChI is InChI=1S/C33H27ClF3N5O3/c1-44-30-8-6-22(18-28(30)34)31-26(21-9-11-38-12-10-21)20-42(40-31)25-4-2-3-24(19-25)39-32(43)23-5-7-29(27(17-23)33(35,36)37)41-13-15-45-16-14-41/h2-12,17-20H,13-16H2,1H3,(H,39,43). The van der Waals surface area contributed by atoms with Crippen LogP contribution in [0.4, 0.5) is 24.5 Å². The summed E-state index contributed by atoms with van der Waals surface area (Å²) < 4.78 is 54.4. The number of morpholine rings is 1. The molecule has 12 heteroatoms. The minimum atomic E-state index is -4.64. The maximum absolute atomic E-state index is 14.0. The summed E-state index contributed by atoms with van der Waals surface area (Å²) in [6.07, 6.45) is 0.586. The van der Waals surface area contributed by atoms with Crippen molar-refractivity contribution in [1.82, 2.24) is 14.8 Å². The van der Waals surface area contributed by atoms with Gasteiger partial charge in [-0.15, -0.1) is 0 Å². The maximum Gasteiger partial charge on any atom is 0.418 e. The molecular weight excluding hydrogens is 607 g/mol.